The highest BCUT2D eigenvalue weighted by Crippen LogP contribution is 2.41. The van der Waals surface area contributed by atoms with E-state index in [0.717, 1.165) is 0 Å². The highest BCUT2D eigenvalue weighted by atomic mass is 35.5. The molecule has 1 aromatic heterocycles. The largest absolute Gasteiger partial charge is 0.497 e. The molecule has 0 spiro atoms. The maximum atomic E-state index is 13.8. The van der Waals surface area contributed by atoms with Gasteiger partial charge in [-0.05, 0) is 23.8 Å². The fourth-order valence-corrected chi connectivity index (χ4v) is 3.13. The molecule has 0 amide bonds. The maximum Gasteiger partial charge on any atom is 0.148 e. The van der Waals surface area contributed by atoms with Crippen LogP contribution in [0.2, 0.25) is 15.2 Å². The van der Waals surface area contributed by atoms with Gasteiger partial charge in [0.15, 0.2) is 0 Å². The Balaban J connectivity index is 2.19. The Morgan fingerprint density at radius 1 is 0.917 bits per heavy atom. The smallest absolute Gasteiger partial charge is 0.148 e. The van der Waals surface area contributed by atoms with Gasteiger partial charge in [-0.1, -0.05) is 53.0 Å². The van der Waals surface area contributed by atoms with Crippen LogP contribution in [-0.4, -0.2) is 12.1 Å². The fourth-order valence-electron chi connectivity index (χ4n) is 2.43. The average molecular weight is 383 g/mol. The molecule has 2 aromatic carbocycles. The van der Waals surface area contributed by atoms with E-state index in [2.05, 4.69) is 4.98 Å². The van der Waals surface area contributed by atoms with Crippen molar-refractivity contribution in [3.8, 4) is 28.0 Å². The zero-order valence-electron chi connectivity index (χ0n) is 12.5. The molecule has 0 saturated carbocycles. The molecule has 0 atom stereocenters. The second-order valence-electron chi connectivity index (χ2n) is 5.01. The van der Waals surface area contributed by atoms with E-state index in [0.29, 0.717) is 38.0 Å². The summed E-state index contributed by atoms with van der Waals surface area (Å²) >= 11 is 18.8. The number of nitrogens with zero attached hydrogens (tertiary/aromatic N) is 1. The molecular formula is C18H11Cl3FNO. The predicted octanol–water partition coefficient (Wildman–Crippen LogP) is 6.52. The molecule has 122 valence electrons. The van der Waals surface area contributed by atoms with Gasteiger partial charge in [-0.3, -0.25) is 0 Å². The highest BCUT2D eigenvalue weighted by Gasteiger charge is 2.15. The molecule has 0 N–H and O–H groups in total. The lowest BCUT2D eigenvalue weighted by Gasteiger charge is -2.12. The minimum atomic E-state index is -0.407. The summed E-state index contributed by atoms with van der Waals surface area (Å²) in [6.07, 6.45) is 1.55. The first kappa shape index (κ1) is 17.0. The SMILES string of the molecule is COc1cc(F)cc(-c2cccc(-c3ccnc(Cl)c3Cl)c2Cl)c1. The molecule has 0 aliphatic carbocycles. The highest BCUT2D eigenvalue weighted by molar-refractivity contribution is 6.43. The van der Waals surface area contributed by atoms with Crippen LogP contribution in [0, 0.1) is 5.82 Å². The van der Waals surface area contributed by atoms with Crippen LogP contribution in [0.3, 0.4) is 0 Å². The van der Waals surface area contributed by atoms with Crippen molar-refractivity contribution in [2.45, 2.75) is 0 Å². The minimum absolute atomic E-state index is 0.197. The van der Waals surface area contributed by atoms with Gasteiger partial charge in [-0.15, -0.1) is 0 Å². The molecule has 6 heteroatoms. The Bertz CT molecular complexity index is 915. The minimum Gasteiger partial charge on any atom is -0.497 e. The molecule has 0 bridgehead atoms. The first-order valence-electron chi connectivity index (χ1n) is 6.95. The summed E-state index contributed by atoms with van der Waals surface area (Å²) < 4.78 is 18.9. The first-order valence-corrected chi connectivity index (χ1v) is 8.08. The lowest BCUT2D eigenvalue weighted by atomic mass is 9.99. The Kier molecular flexibility index (Phi) is 4.95. The van der Waals surface area contributed by atoms with Crippen LogP contribution in [0.4, 0.5) is 4.39 Å². The van der Waals surface area contributed by atoms with E-state index in [-0.39, 0.29) is 5.15 Å². The van der Waals surface area contributed by atoms with E-state index in [1.165, 1.54) is 19.2 Å². The zero-order chi connectivity index (χ0) is 17.3. The monoisotopic (exact) mass is 381 g/mol. The zero-order valence-corrected chi connectivity index (χ0v) is 14.8. The number of methoxy groups -OCH3 is 1. The Hall–Kier alpha value is -1.81. The van der Waals surface area contributed by atoms with Crippen molar-refractivity contribution in [1.29, 1.82) is 0 Å². The topological polar surface area (TPSA) is 22.1 Å². The van der Waals surface area contributed by atoms with E-state index in [1.807, 2.05) is 12.1 Å². The van der Waals surface area contributed by atoms with Crippen molar-refractivity contribution in [3.63, 3.8) is 0 Å². The van der Waals surface area contributed by atoms with Crippen molar-refractivity contribution in [2.24, 2.45) is 0 Å². The number of benzene rings is 2. The van der Waals surface area contributed by atoms with Gasteiger partial charge in [0.2, 0.25) is 0 Å². The molecule has 0 saturated heterocycles. The number of ether oxygens (including phenoxy) is 1. The van der Waals surface area contributed by atoms with Crippen molar-refractivity contribution in [2.75, 3.05) is 7.11 Å². The summed E-state index contributed by atoms with van der Waals surface area (Å²) in [4.78, 5) is 3.93. The van der Waals surface area contributed by atoms with Gasteiger partial charge >= 0.3 is 0 Å². The molecule has 0 fully saturated rings. The number of halogens is 4. The number of pyridine rings is 1. The Morgan fingerprint density at radius 3 is 2.38 bits per heavy atom. The number of aromatic nitrogens is 1. The number of rotatable bonds is 3. The van der Waals surface area contributed by atoms with Gasteiger partial charge in [0.25, 0.3) is 0 Å². The van der Waals surface area contributed by atoms with E-state index >= 15 is 0 Å². The summed E-state index contributed by atoms with van der Waals surface area (Å²) in [6, 6.07) is 11.6. The van der Waals surface area contributed by atoms with Crippen molar-refractivity contribution in [3.05, 3.63) is 69.7 Å². The van der Waals surface area contributed by atoms with Crippen LogP contribution in [0.1, 0.15) is 0 Å². The standard InChI is InChI=1S/C18H11Cl3FNO/c1-24-12-8-10(7-11(22)9-12)13-3-2-4-14(16(13)19)15-5-6-23-18(21)17(15)20/h2-9H,1H3. The Morgan fingerprint density at radius 2 is 1.62 bits per heavy atom. The lowest BCUT2D eigenvalue weighted by molar-refractivity contribution is 0.411. The van der Waals surface area contributed by atoms with Crippen LogP contribution < -0.4 is 4.74 Å². The third kappa shape index (κ3) is 3.20. The average Bonchev–Trinajstić information content (AvgIpc) is 2.57. The summed E-state index contributed by atoms with van der Waals surface area (Å²) in [5.74, 6) is 0.00673. The summed E-state index contributed by atoms with van der Waals surface area (Å²) in [6.45, 7) is 0. The normalized spacial score (nSPS) is 10.7. The third-order valence-corrected chi connectivity index (χ3v) is 4.73. The van der Waals surface area contributed by atoms with E-state index < -0.39 is 5.82 Å². The summed E-state index contributed by atoms with van der Waals surface area (Å²) in [5.41, 5.74) is 2.62. The van der Waals surface area contributed by atoms with Crippen molar-refractivity contribution < 1.29 is 9.13 Å². The molecule has 1 heterocycles. The molecule has 3 rings (SSSR count). The molecular weight excluding hydrogens is 372 g/mol. The van der Waals surface area contributed by atoms with Crippen LogP contribution in [0.15, 0.2) is 48.7 Å². The van der Waals surface area contributed by atoms with Crippen LogP contribution >= 0.6 is 34.8 Å². The van der Waals surface area contributed by atoms with Crippen molar-refractivity contribution in [1.82, 2.24) is 4.98 Å². The molecule has 3 aromatic rings. The molecule has 0 aliphatic heterocycles. The van der Waals surface area contributed by atoms with Crippen LogP contribution in [-0.2, 0) is 0 Å². The van der Waals surface area contributed by atoms with Crippen LogP contribution in [0.5, 0.6) is 5.75 Å². The van der Waals surface area contributed by atoms with E-state index in [9.17, 15) is 4.39 Å². The van der Waals surface area contributed by atoms with Gasteiger partial charge < -0.3 is 4.74 Å². The third-order valence-electron chi connectivity index (χ3n) is 3.55. The second kappa shape index (κ2) is 6.98. The lowest BCUT2D eigenvalue weighted by Crippen LogP contribution is -1.90. The van der Waals surface area contributed by atoms with E-state index in [4.69, 9.17) is 39.5 Å². The molecule has 2 nitrogen and oxygen atoms in total. The second-order valence-corrected chi connectivity index (χ2v) is 6.12. The maximum absolute atomic E-state index is 13.8. The van der Waals surface area contributed by atoms with E-state index in [1.54, 1.807) is 24.4 Å². The van der Waals surface area contributed by atoms with Crippen LogP contribution in [0.25, 0.3) is 22.3 Å². The predicted molar refractivity (Wildman–Crippen MR) is 96.6 cm³/mol. The first-order chi connectivity index (χ1) is 11.5. The molecule has 0 radical (unpaired) electrons. The van der Waals surface area contributed by atoms with Gasteiger partial charge in [-0.25, -0.2) is 9.37 Å². The van der Waals surface area contributed by atoms with Gasteiger partial charge in [0.05, 0.1) is 17.2 Å². The number of hydrogen-bond donors (Lipinski definition) is 0. The number of hydrogen-bond acceptors (Lipinski definition) is 2. The summed E-state index contributed by atoms with van der Waals surface area (Å²) in [5, 5.41) is 0.951. The summed E-state index contributed by atoms with van der Waals surface area (Å²) in [7, 11) is 1.48. The molecule has 24 heavy (non-hydrogen) atoms. The van der Waals surface area contributed by atoms with Gasteiger partial charge in [-0.2, -0.15) is 0 Å². The van der Waals surface area contributed by atoms with Crippen molar-refractivity contribution >= 4 is 34.8 Å². The van der Waals surface area contributed by atoms with Gasteiger partial charge in [0.1, 0.15) is 16.7 Å². The Labute approximate surface area is 153 Å². The molecule has 0 aliphatic rings. The fraction of sp³-hybridized carbons (Fsp3) is 0.0556. The molecule has 0 unspecified atom stereocenters. The van der Waals surface area contributed by atoms with Gasteiger partial charge in [0, 0.05) is 29.0 Å². The quantitative estimate of drug-likeness (QED) is 0.481.